The average molecular weight is 306 g/mol. The lowest BCUT2D eigenvalue weighted by Crippen LogP contribution is -2.29. The summed E-state index contributed by atoms with van der Waals surface area (Å²) in [7, 11) is 1.77. The molecule has 1 aliphatic rings. The Bertz CT molecular complexity index is 617. The van der Waals surface area contributed by atoms with Crippen LogP contribution in [0, 0.1) is 0 Å². The summed E-state index contributed by atoms with van der Waals surface area (Å²) >= 11 is 6.06. The first-order valence-corrected chi connectivity index (χ1v) is 7.97. The van der Waals surface area contributed by atoms with E-state index in [1.165, 1.54) is 0 Å². The van der Waals surface area contributed by atoms with Crippen LogP contribution in [0.2, 0.25) is 0 Å². The smallest absolute Gasteiger partial charge is 0.214 e. The van der Waals surface area contributed by atoms with Crippen LogP contribution < -0.4 is 4.74 Å². The Morgan fingerprint density at radius 3 is 2.86 bits per heavy atom. The molecule has 0 amide bonds. The Morgan fingerprint density at radius 2 is 2.05 bits per heavy atom. The molecule has 0 bridgehead atoms. The van der Waals surface area contributed by atoms with Crippen LogP contribution in [0.25, 0.3) is 10.9 Å². The largest absolute Gasteiger partial charge is 0.474 e. The normalized spacial score (nSPS) is 22.4. The molecule has 0 N–H and O–H groups in total. The Morgan fingerprint density at radius 1 is 1.24 bits per heavy atom. The summed E-state index contributed by atoms with van der Waals surface area (Å²) in [6.07, 6.45) is 4.73. The number of aromatic nitrogens is 1. The van der Waals surface area contributed by atoms with E-state index in [1.807, 2.05) is 30.3 Å². The van der Waals surface area contributed by atoms with Crippen LogP contribution in [0.5, 0.6) is 5.88 Å². The third-order valence-corrected chi connectivity index (χ3v) is 4.41. The Hall–Kier alpha value is -1.32. The van der Waals surface area contributed by atoms with E-state index in [0.717, 1.165) is 42.1 Å². The van der Waals surface area contributed by atoms with E-state index in [9.17, 15) is 0 Å². The number of alkyl halides is 1. The van der Waals surface area contributed by atoms with E-state index in [1.54, 1.807) is 7.11 Å². The fraction of sp³-hybridized carbons (Fsp3) is 0.471. The van der Waals surface area contributed by atoms with Crippen LogP contribution in [0.3, 0.4) is 0 Å². The lowest BCUT2D eigenvalue weighted by Gasteiger charge is -2.28. The van der Waals surface area contributed by atoms with E-state index in [-0.39, 0.29) is 6.10 Å². The first-order chi connectivity index (χ1) is 10.3. The van der Waals surface area contributed by atoms with Gasteiger partial charge in [0.2, 0.25) is 5.88 Å². The van der Waals surface area contributed by atoms with Gasteiger partial charge < -0.3 is 9.47 Å². The van der Waals surface area contributed by atoms with Crippen molar-refractivity contribution in [3.8, 4) is 5.88 Å². The van der Waals surface area contributed by atoms with E-state index in [0.29, 0.717) is 17.9 Å². The second-order valence-corrected chi connectivity index (χ2v) is 5.80. The second-order valence-electron chi connectivity index (χ2n) is 5.53. The van der Waals surface area contributed by atoms with Crippen LogP contribution >= 0.6 is 11.6 Å². The number of hydrogen-bond acceptors (Lipinski definition) is 3. The fourth-order valence-electron chi connectivity index (χ4n) is 2.99. The third kappa shape index (κ3) is 3.30. The van der Waals surface area contributed by atoms with E-state index in [2.05, 4.69) is 4.98 Å². The first-order valence-electron chi connectivity index (χ1n) is 7.44. The molecule has 1 aliphatic carbocycles. The average Bonchev–Trinajstić information content (AvgIpc) is 2.54. The van der Waals surface area contributed by atoms with Gasteiger partial charge in [0.25, 0.3) is 0 Å². The van der Waals surface area contributed by atoms with Crippen molar-refractivity contribution in [2.75, 3.05) is 7.11 Å². The maximum absolute atomic E-state index is 6.09. The molecule has 0 spiro atoms. The standard InChI is InChI=1S/C17H20ClNO2/c1-20-13-5-4-6-14(10-13)21-17-9-12(11-18)15-7-2-3-8-16(15)19-17/h2-3,7-9,13-14H,4-6,10-11H2,1H3. The molecule has 1 saturated carbocycles. The highest BCUT2D eigenvalue weighted by atomic mass is 35.5. The second kappa shape index (κ2) is 6.63. The van der Waals surface area contributed by atoms with Gasteiger partial charge in [-0.25, -0.2) is 4.98 Å². The van der Waals surface area contributed by atoms with Gasteiger partial charge in [0.1, 0.15) is 6.10 Å². The highest BCUT2D eigenvalue weighted by molar-refractivity contribution is 6.18. The van der Waals surface area contributed by atoms with Crippen molar-refractivity contribution in [3.63, 3.8) is 0 Å². The quantitative estimate of drug-likeness (QED) is 0.789. The number of pyridine rings is 1. The van der Waals surface area contributed by atoms with Crippen molar-refractivity contribution in [2.45, 2.75) is 43.8 Å². The molecule has 112 valence electrons. The number of fused-ring (bicyclic) bond motifs is 1. The molecular formula is C17H20ClNO2. The van der Waals surface area contributed by atoms with Gasteiger partial charge in [-0.1, -0.05) is 18.2 Å². The molecule has 21 heavy (non-hydrogen) atoms. The van der Waals surface area contributed by atoms with Gasteiger partial charge >= 0.3 is 0 Å². The van der Waals surface area contributed by atoms with Crippen LogP contribution in [0.15, 0.2) is 30.3 Å². The maximum atomic E-state index is 6.09. The molecule has 0 saturated heterocycles. The minimum absolute atomic E-state index is 0.181. The molecule has 0 aliphatic heterocycles. The van der Waals surface area contributed by atoms with E-state index < -0.39 is 0 Å². The van der Waals surface area contributed by atoms with Gasteiger partial charge in [0, 0.05) is 30.9 Å². The Labute approximate surface area is 130 Å². The van der Waals surface area contributed by atoms with E-state index in [4.69, 9.17) is 21.1 Å². The third-order valence-electron chi connectivity index (χ3n) is 4.12. The predicted molar refractivity (Wildman–Crippen MR) is 85.0 cm³/mol. The van der Waals surface area contributed by atoms with Crippen LogP contribution in [0.1, 0.15) is 31.2 Å². The van der Waals surface area contributed by atoms with Gasteiger partial charge in [-0.2, -0.15) is 0 Å². The zero-order valence-electron chi connectivity index (χ0n) is 12.2. The number of nitrogens with zero attached hydrogens (tertiary/aromatic N) is 1. The highest BCUT2D eigenvalue weighted by Crippen LogP contribution is 2.28. The number of rotatable bonds is 4. The zero-order valence-corrected chi connectivity index (χ0v) is 13.0. The molecule has 1 aromatic heterocycles. The molecule has 1 aromatic carbocycles. The molecule has 2 atom stereocenters. The van der Waals surface area contributed by atoms with Gasteiger partial charge in [0.05, 0.1) is 11.6 Å². The number of hydrogen-bond donors (Lipinski definition) is 0. The summed E-state index contributed by atoms with van der Waals surface area (Å²) in [5.74, 6) is 1.14. The minimum atomic E-state index is 0.181. The Kier molecular flexibility index (Phi) is 4.61. The summed E-state index contributed by atoms with van der Waals surface area (Å²) < 4.78 is 11.5. The van der Waals surface area contributed by atoms with E-state index >= 15 is 0 Å². The monoisotopic (exact) mass is 305 g/mol. The maximum Gasteiger partial charge on any atom is 0.214 e. The molecule has 3 rings (SSSR count). The highest BCUT2D eigenvalue weighted by Gasteiger charge is 2.23. The topological polar surface area (TPSA) is 31.4 Å². The van der Waals surface area contributed by atoms with Crippen molar-refractivity contribution in [1.82, 2.24) is 4.98 Å². The SMILES string of the molecule is COC1CCCC(Oc2cc(CCl)c3ccccc3n2)C1. The van der Waals surface area contributed by atoms with Crippen LogP contribution in [-0.2, 0) is 10.6 Å². The summed E-state index contributed by atoms with van der Waals surface area (Å²) in [6, 6.07) is 10.00. The number of ether oxygens (including phenoxy) is 2. The number of methoxy groups -OCH3 is 1. The molecule has 1 heterocycles. The molecular weight excluding hydrogens is 286 g/mol. The van der Waals surface area contributed by atoms with Gasteiger partial charge in [0.15, 0.2) is 0 Å². The summed E-state index contributed by atoms with van der Waals surface area (Å²) in [4.78, 5) is 4.61. The number of para-hydroxylation sites is 1. The van der Waals surface area contributed by atoms with Crippen molar-refractivity contribution < 1.29 is 9.47 Å². The first kappa shape index (κ1) is 14.6. The van der Waals surface area contributed by atoms with Crippen molar-refractivity contribution in [2.24, 2.45) is 0 Å². The minimum Gasteiger partial charge on any atom is -0.474 e. The molecule has 2 aromatic rings. The Balaban J connectivity index is 1.83. The van der Waals surface area contributed by atoms with Crippen molar-refractivity contribution in [3.05, 3.63) is 35.9 Å². The van der Waals surface area contributed by atoms with Crippen LogP contribution in [0.4, 0.5) is 0 Å². The molecule has 4 heteroatoms. The van der Waals surface area contributed by atoms with Crippen molar-refractivity contribution >= 4 is 22.5 Å². The van der Waals surface area contributed by atoms with Crippen molar-refractivity contribution in [1.29, 1.82) is 0 Å². The number of halogens is 1. The lowest BCUT2D eigenvalue weighted by atomic mass is 9.95. The van der Waals surface area contributed by atoms with Gasteiger partial charge in [-0.15, -0.1) is 11.6 Å². The molecule has 0 radical (unpaired) electrons. The summed E-state index contributed by atoms with van der Waals surface area (Å²) in [5.41, 5.74) is 2.00. The van der Waals surface area contributed by atoms with Gasteiger partial charge in [-0.05, 0) is 30.9 Å². The molecule has 2 unspecified atom stereocenters. The zero-order chi connectivity index (χ0) is 14.7. The fourth-order valence-corrected chi connectivity index (χ4v) is 3.21. The number of benzene rings is 1. The summed E-state index contributed by atoms with van der Waals surface area (Å²) in [6.45, 7) is 0. The molecule has 1 fully saturated rings. The predicted octanol–water partition coefficient (Wildman–Crippen LogP) is 4.31. The lowest BCUT2D eigenvalue weighted by molar-refractivity contribution is 0.0196. The van der Waals surface area contributed by atoms with Gasteiger partial charge in [-0.3, -0.25) is 0 Å². The molecule has 3 nitrogen and oxygen atoms in total. The summed E-state index contributed by atoms with van der Waals surface area (Å²) in [5, 5.41) is 1.10. The van der Waals surface area contributed by atoms with Crippen LogP contribution in [-0.4, -0.2) is 24.3 Å².